The summed E-state index contributed by atoms with van der Waals surface area (Å²) in [5, 5.41) is 10.4. The zero-order valence-electron chi connectivity index (χ0n) is 51.2. The molecule has 0 aliphatic heterocycles. The molecule has 60 heavy (non-hydrogen) atoms. The molecule has 5 aromatic carbocycles. The van der Waals surface area contributed by atoms with E-state index in [9.17, 15) is 21.7 Å². The first-order valence-electron chi connectivity index (χ1n) is 28.1. The number of nitrogens with zero attached hydrogens (tertiary/aromatic N) is 4. The summed E-state index contributed by atoms with van der Waals surface area (Å²) in [6, 6.07) is 34.2. The van der Waals surface area contributed by atoms with Crippen LogP contribution in [-0.2, 0) is 58.3 Å². The van der Waals surface area contributed by atoms with Gasteiger partial charge < -0.3 is 19.4 Å². The van der Waals surface area contributed by atoms with Gasteiger partial charge in [-0.2, -0.15) is 5.26 Å². The van der Waals surface area contributed by atoms with Crippen LogP contribution in [0.4, 0.5) is 0 Å². The Morgan fingerprint density at radius 3 is 1.78 bits per heavy atom. The first-order chi connectivity index (χ1) is 36.8. The van der Waals surface area contributed by atoms with Crippen LogP contribution in [0.1, 0.15) is 77.5 Å². The van der Waals surface area contributed by atoms with E-state index >= 15 is 0 Å². The number of hydrogen-bond acceptors (Lipinski definition) is 5. The number of hydrogen-bond donors (Lipinski definition) is 0. The zero-order chi connectivity index (χ0) is 57.6. The second-order valence-electron chi connectivity index (χ2n) is 13.1. The van der Waals surface area contributed by atoms with Crippen LogP contribution in [0, 0.1) is 43.2 Å². The number of rotatable bonds is 12. The number of fused-ring (bicyclic) bond motifs is 3. The van der Waals surface area contributed by atoms with Crippen LogP contribution in [0.15, 0.2) is 144 Å². The van der Waals surface area contributed by atoms with Gasteiger partial charge in [-0.1, -0.05) is 70.6 Å². The molecule has 0 aliphatic carbocycles. The molecule has 0 fully saturated rings. The molecule has 0 amide bonds. The minimum atomic E-state index is -3.51. The third kappa shape index (κ3) is 8.89. The van der Waals surface area contributed by atoms with Crippen LogP contribution in [0.2, 0.25) is 0 Å². The molecule has 6 heteroatoms. The Balaban J connectivity index is 0.00000841. The quantitative estimate of drug-likeness (QED) is 0.114. The van der Waals surface area contributed by atoms with Gasteiger partial charge in [0.15, 0.2) is 0 Å². The van der Waals surface area contributed by atoms with Gasteiger partial charge >= 0.3 is 20.1 Å². The summed E-state index contributed by atoms with van der Waals surface area (Å²) in [6.45, 7) is -6.19. The molecule has 0 N–H and O–H groups in total. The second kappa shape index (κ2) is 18.2. The molecule has 0 bridgehead atoms. The molecule has 0 spiro atoms. The van der Waals surface area contributed by atoms with E-state index in [0.29, 0.717) is 28.0 Å². The van der Waals surface area contributed by atoms with Crippen molar-refractivity contribution < 1.29 is 51.9 Å². The third-order valence-corrected chi connectivity index (χ3v) is 9.16. The number of aromatic nitrogens is 3. The first kappa shape index (κ1) is 22.7. The fourth-order valence-corrected chi connectivity index (χ4v) is 6.26. The fourth-order valence-electron chi connectivity index (χ4n) is 6.26. The van der Waals surface area contributed by atoms with Crippen LogP contribution in [0.3, 0.4) is 0 Å². The monoisotopic (exact) mass is 974 g/mol. The van der Waals surface area contributed by atoms with E-state index in [0.717, 1.165) is 42.9 Å². The average Bonchev–Trinajstić information content (AvgIpc) is 3.92. The van der Waals surface area contributed by atoms with E-state index in [2.05, 4.69) is 33.2 Å². The molecule has 0 atom stereocenters. The molecule has 4 heterocycles. The Kier molecular flexibility index (Phi) is 6.89. The summed E-state index contributed by atoms with van der Waals surface area (Å²) in [4.78, 5) is 12.9. The Morgan fingerprint density at radius 1 is 0.633 bits per heavy atom. The maximum atomic E-state index is 9.57. The van der Waals surface area contributed by atoms with Gasteiger partial charge in [0.25, 0.3) is 0 Å². The molecule has 9 aromatic rings. The smallest absolute Gasteiger partial charge is 0.501 e. The number of furan rings is 1. The molecule has 9 rings (SSSR count). The molecule has 0 saturated carbocycles. The van der Waals surface area contributed by atoms with Gasteiger partial charge in [0.1, 0.15) is 5.58 Å². The van der Waals surface area contributed by atoms with Gasteiger partial charge in [0.05, 0.1) is 20.0 Å². The van der Waals surface area contributed by atoms with Crippen LogP contribution >= 0.6 is 0 Å². The van der Waals surface area contributed by atoms with E-state index < -0.39 is 96.4 Å². The number of nitriles is 1. The van der Waals surface area contributed by atoms with Crippen molar-refractivity contribution in [3.63, 3.8) is 0 Å². The SMILES string of the molecule is [2H]c1cc2c(oc3c(-c4ccc(C([2H])([2H])C([2H])([2H])c5cc(C([2H])([2H])C([2H])([2H])c6cnc(-c7[c-]cccc7)cc6C([2H])([2H])[2H])cc(C([2H])([2H])C([2H])([2H])c6cnc(-c7[c-]cccc7)cc6C([2H])([2H])[2H])c5)cn4)[c-]ccc32)c([2H])c1C#N.[Ir+3]. The minimum Gasteiger partial charge on any atom is -0.501 e. The van der Waals surface area contributed by atoms with Crippen LogP contribution in [-0.4, -0.2) is 15.0 Å². The summed E-state index contributed by atoms with van der Waals surface area (Å²) in [7, 11) is 0. The van der Waals surface area contributed by atoms with Gasteiger partial charge in [-0.3, -0.25) is 0 Å². The van der Waals surface area contributed by atoms with Crippen molar-refractivity contribution in [1.29, 1.82) is 5.26 Å². The van der Waals surface area contributed by atoms with Crippen molar-refractivity contribution in [2.24, 2.45) is 0 Å². The molecule has 0 unspecified atom stereocenters. The normalized spacial score (nSPS) is 17.9. The van der Waals surface area contributed by atoms with Crippen molar-refractivity contribution in [2.45, 2.75) is 51.9 Å². The van der Waals surface area contributed by atoms with E-state index in [1.54, 1.807) is 42.5 Å². The molecule has 5 nitrogen and oxygen atoms in total. The second-order valence-corrected chi connectivity index (χ2v) is 13.1. The van der Waals surface area contributed by atoms with Crippen molar-refractivity contribution in [3.05, 3.63) is 208 Å². The maximum absolute atomic E-state index is 9.57. The summed E-state index contributed by atoms with van der Waals surface area (Å²) in [6.07, 6.45) is -17.8. The van der Waals surface area contributed by atoms with Crippen LogP contribution < -0.4 is 0 Å². The molecule has 4 aromatic heterocycles. The maximum Gasteiger partial charge on any atom is 3.00 e. The molecular weight excluding hydrogens is 913 g/mol. The average molecular weight is 974 g/mol. The van der Waals surface area contributed by atoms with E-state index in [1.807, 2.05) is 6.07 Å². The van der Waals surface area contributed by atoms with Gasteiger partial charge in [0.2, 0.25) is 0 Å². The molecule has 0 radical (unpaired) electrons. The number of aryl methyl sites for hydroxylation is 8. The van der Waals surface area contributed by atoms with Crippen LogP contribution in [0.5, 0.6) is 0 Å². The largest absolute Gasteiger partial charge is 3.00 e. The van der Waals surface area contributed by atoms with Crippen molar-refractivity contribution in [3.8, 4) is 39.8 Å². The molecule has 0 aliphatic rings. The van der Waals surface area contributed by atoms with Crippen LogP contribution in [0.25, 0.3) is 55.7 Å². The zero-order valence-corrected chi connectivity index (χ0v) is 33.5. The molecular formula is C54H41IrN4O. The van der Waals surface area contributed by atoms with E-state index in [4.69, 9.17) is 15.4 Å². The van der Waals surface area contributed by atoms with Crippen molar-refractivity contribution >= 4 is 21.9 Å². The summed E-state index contributed by atoms with van der Waals surface area (Å²) in [5.41, 5.74) is -4.90. The van der Waals surface area contributed by atoms with Gasteiger partial charge in [-0.05, 0) is 114 Å². The predicted octanol–water partition coefficient (Wildman–Crippen LogP) is 12.0. The summed E-state index contributed by atoms with van der Waals surface area (Å²) >= 11 is 0. The third-order valence-electron chi connectivity index (χ3n) is 9.16. The Bertz CT molecular complexity index is 3730. The minimum absolute atomic E-state index is 0. The molecule has 292 valence electrons. The first-order valence-corrected chi connectivity index (χ1v) is 18.1. The Hall–Kier alpha value is -6.51. The Labute approximate surface area is 393 Å². The summed E-state index contributed by atoms with van der Waals surface area (Å²) < 4.78 is 187. The van der Waals surface area contributed by atoms with E-state index in [-0.39, 0.29) is 71.6 Å². The summed E-state index contributed by atoms with van der Waals surface area (Å²) in [5.74, 6) is 0. The van der Waals surface area contributed by atoms with Gasteiger partial charge in [-0.15, -0.1) is 90.0 Å². The van der Waals surface area contributed by atoms with Crippen molar-refractivity contribution in [1.82, 2.24) is 15.0 Å². The van der Waals surface area contributed by atoms with Gasteiger partial charge in [0, 0.05) is 48.7 Å². The van der Waals surface area contributed by atoms with Crippen molar-refractivity contribution in [2.75, 3.05) is 0 Å². The number of pyridine rings is 3. The standard InChI is InChI=1S/C54H41N4O.Ir/c1-36-26-51(43-10-5-3-6-11-43)57-34-45(36)22-18-40-28-39(29-41(30-40)19-23-46-35-58-52(27-37(46)2)44-12-7-4-8-13-44)17-16-38-21-25-50(56-33-38)49-15-9-14-48-47-24-20-42(32-55)31-53(47)59-54(48)49;/h3-10,12,14,20-21,24-31,33-35H,16-19,22-23H2,1-2H3;/q-3;+3/i1D3,2D3,16D2,17D2,18D2,19D2,20D,22D2,23D2,31D;. The van der Waals surface area contributed by atoms with E-state index in [1.165, 1.54) is 36.4 Å². The number of benzene rings is 5. The van der Waals surface area contributed by atoms with Gasteiger partial charge in [-0.25, -0.2) is 0 Å². The fraction of sp³-hybridized carbons (Fsp3) is 0.148. The topological polar surface area (TPSA) is 75.6 Å². The Morgan fingerprint density at radius 2 is 1.23 bits per heavy atom. The predicted molar refractivity (Wildman–Crippen MR) is 236 cm³/mol. The molecule has 0 saturated heterocycles.